The van der Waals surface area contributed by atoms with Gasteiger partial charge in [0.2, 0.25) is 5.91 Å². The molecule has 0 aromatic heterocycles. The maximum absolute atomic E-state index is 11.8. The molecule has 29 heavy (non-hydrogen) atoms. The summed E-state index contributed by atoms with van der Waals surface area (Å²) in [4.78, 5) is 35.3. The van der Waals surface area contributed by atoms with Gasteiger partial charge in [0.05, 0.1) is 13.0 Å². The molecule has 0 spiro atoms. The molecule has 0 radical (unpaired) electrons. The van der Waals surface area contributed by atoms with Crippen LogP contribution in [0.2, 0.25) is 0 Å². The Morgan fingerprint density at radius 1 is 0.931 bits per heavy atom. The van der Waals surface area contributed by atoms with Gasteiger partial charge in [0, 0.05) is 0 Å². The summed E-state index contributed by atoms with van der Waals surface area (Å²) in [7, 11) is 0. The van der Waals surface area contributed by atoms with Crippen molar-refractivity contribution in [2.24, 2.45) is 0 Å². The van der Waals surface area contributed by atoms with Gasteiger partial charge < -0.3 is 24.8 Å². The summed E-state index contributed by atoms with van der Waals surface area (Å²) in [5.74, 6) is -0.162. The van der Waals surface area contributed by atoms with E-state index in [9.17, 15) is 14.4 Å². The van der Waals surface area contributed by atoms with E-state index in [1.165, 1.54) is 0 Å². The van der Waals surface area contributed by atoms with Crippen LogP contribution >= 0.6 is 0 Å². The van der Waals surface area contributed by atoms with Crippen molar-refractivity contribution < 1.29 is 28.6 Å². The van der Waals surface area contributed by atoms with Gasteiger partial charge in [0.25, 0.3) is 5.91 Å². The molecule has 2 aromatic rings. The highest BCUT2D eigenvalue weighted by atomic mass is 16.6. The number of carbonyl (C=O) groups excluding carboxylic acids is 3. The summed E-state index contributed by atoms with van der Waals surface area (Å²) >= 11 is 0. The van der Waals surface area contributed by atoms with Crippen LogP contribution in [0, 0.1) is 0 Å². The predicted molar refractivity (Wildman–Crippen MR) is 103 cm³/mol. The van der Waals surface area contributed by atoms with Crippen molar-refractivity contribution in [2.45, 2.75) is 12.5 Å². The number of esters is 1. The minimum absolute atomic E-state index is 0.168. The molecule has 0 saturated carbocycles. The first-order valence-corrected chi connectivity index (χ1v) is 9.21. The molecule has 1 heterocycles. The number of carbonyl (C=O) groups is 3. The van der Waals surface area contributed by atoms with Crippen molar-refractivity contribution >= 4 is 17.8 Å². The molecule has 2 aromatic carbocycles. The Kier molecular flexibility index (Phi) is 7.05. The Morgan fingerprint density at radius 3 is 2.45 bits per heavy atom. The number of ether oxygens (including phenoxy) is 3. The molecular formula is C21H22N2O6. The van der Waals surface area contributed by atoms with Gasteiger partial charge in [-0.3, -0.25) is 14.4 Å². The fourth-order valence-electron chi connectivity index (χ4n) is 2.65. The van der Waals surface area contributed by atoms with Crippen molar-refractivity contribution in [2.75, 3.05) is 26.3 Å². The average molecular weight is 398 g/mol. The second-order valence-corrected chi connectivity index (χ2v) is 6.40. The van der Waals surface area contributed by atoms with Crippen LogP contribution < -0.4 is 20.1 Å². The van der Waals surface area contributed by atoms with Gasteiger partial charge in [-0.1, -0.05) is 42.5 Å². The molecule has 0 aliphatic carbocycles. The second-order valence-electron chi connectivity index (χ2n) is 6.40. The van der Waals surface area contributed by atoms with Crippen molar-refractivity contribution in [1.82, 2.24) is 10.6 Å². The van der Waals surface area contributed by atoms with E-state index in [1.54, 1.807) is 6.07 Å². The van der Waals surface area contributed by atoms with E-state index in [1.807, 2.05) is 48.5 Å². The average Bonchev–Trinajstić information content (AvgIpc) is 2.75. The molecule has 1 unspecified atom stereocenters. The van der Waals surface area contributed by atoms with Crippen molar-refractivity contribution in [3.05, 3.63) is 60.2 Å². The zero-order valence-corrected chi connectivity index (χ0v) is 15.8. The van der Waals surface area contributed by atoms with Crippen LogP contribution in [-0.4, -0.2) is 50.2 Å². The molecule has 1 atom stereocenters. The van der Waals surface area contributed by atoms with Crippen molar-refractivity contribution in [3.8, 4) is 11.5 Å². The number of amides is 2. The highest BCUT2D eigenvalue weighted by Gasteiger charge is 2.21. The van der Waals surface area contributed by atoms with Crippen LogP contribution in [0.5, 0.6) is 11.5 Å². The standard InChI is InChI=1S/C21H22N2O6/c24-19(10-15-6-2-1-3-7-15)23-12-21(26)28-14-20(25)22-11-16-13-27-17-8-4-5-9-18(17)29-16/h1-9,16H,10-14H2,(H,22,25)(H,23,24). The first-order valence-electron chi connectivity index (χ1n) is 9.21. The van der Waals surface area contributed by atoms with Crippen LogP contribution in [0.1, 0.15) is 5.56 Å². The molecule has 8 heteroatoms. The van der Waals surface area contributed by atoms with Crippen molar-refractivity contribution in [1.29, 1.82) is 0 Å². The minimum Gasteiger partial charge on any atom is -0.486 e. The number of fused-ring (bicyclic) bond motifs is 1. The van der Waals surface area contributed by atoms with E-state index >= 15 is 0 Å². The van der Waals surface area contributed by atoms with Crippen LogP contribution in [0.4, 0.5) is 0 Å². The summed E-state index contributed by atoms with van der Waals surface area (Å²) in [6.07, 6.45) is -0.164. The lowest BCUT2D eigenvalue weighted by atomic mass is 10.1. The monoisotopic (exact) mass is 398 g/mol. The van der Waals surface area contributed by atoms with Gasteiger partial charge in [0.15, 0.2) is 18.1 Å². The molecule has 152 valence electrons. The Labute approximate surface area is 168 Å². The largest absolute Gasteiger partial charge is 0.486 e. The van der Waals surface area contributed by atoms with Gasteiger partial charge in [-0.25, -0.2) is 0 Å². The zero-order valence-electron chi connectivity index (χ0n) is 15.8. The summed E-state index contributed by atoms with van der Waals surface area (Å²) in [5, 5.41) is 5.09. The molecule has 3 rings (SSSR count). The summed E-state index contributed by atoms with van der Waals surface area (Å²) in [6.45, 7) is -0.198. The summed E-state index contributed by atoms with van der Waals surface area (Å²) < 4.78 is 16.2. The van der Waals surface area contributed by atoms with E-state index in [0.717, 1.165) is 5.56 Å². The van der Waals surface area contributed by atoms with E-state index < -0.39 is 18.5 Å². The number of rotatable bonds is 8. The molecule has 0 fully saturated rings. The highest BCUT2D eigenvalue weighted by Crippen LogP contribution is 2.30. The highest BCUT2D eigenvalue weighted by molar-refractivity contribution is 5.85. The summed E-state index contributed by atoms with van der Waals surface area (Å²) in [6, 6.07) is 16.4. The normalized spacial score (nSPS) is 14.6. The molecule has 8 nitrogen and oxygen atoms in total. The van der Waals surface area contributed by atoms with E-state index in [-0.39, 0.29) is 31.5 Å². The lowest BCUT2D eigenvalue weighted by molar-refractivity contribution is -0.148. The van der Waals surface area contributed by atoms with Crippen LogP contribution in [-0.2, 0) is 25.5 Å². The first-order chi connectivity index (χ1) is 14.1. The zero-order chi connectivity index (χ0) is 20.5. The molecule has 0 bridgehead atoms. The quantitative estimate of drug-likeness (QED) is 0.639. The Hall–Kier alpha value is -3.55. The molecular weight excluding hydrogens is 376 g/mol. The fraction of sp³-hybridized carbons (Fsp3) is 0.286. The first kappa shape index (κ1) is 20.2. The van der Waals surface area contributed by atoms with Crippen LogP contribution in [0.15, 0.2) is 54.6 Å². The van der Waals surface area contributed by atoms with E-state index in [4.69, 9.17) is 14.2 Å². The SMILES string of the molecule is O=C(COC(=O)CNC(=O)Cc1ccccc1)NCC1COc2ccccc2O1. The van der Waals surface area contributed by atoms with E-state index in [0.29, 0.717) is 18.1 Å². The van der Waals surface area contributed by atoms with Gasteiger partial charge in [-0.2, -0.15) is 0 Å². The molecule has 2 N–H and O–H groups in total. The fourth-order valence-corrected chi connectivity index (χ4v) is 2.65. The smallest absolute Gasteiger partial charge is 0.325 e. The number of benzene rings is 2. The third-order valence-electron chi connectivity index (χ3n) is 4.10. The molecule has 1 aliphatic heterocycles. The second kappa shape index (κ2) is 10.1. The maximum Gasteiger partial charge on any atom is 0.325 e. The topological polar surface area (TPSA) is 103 Å². The van der Waals surface area contributed by atoms with Crippen LogP contribution in [0.3, 0.4) is 0 Å². The third-order valence-corrected chi connectivity index (χ3v) is 4.10. The number of nitrogens with one attached hydrogen (secondary N) is 2. The number of para-hydroxylation sites is 2. The minimum atomic E-state index is -0.687. The Bertz CT molecular complexity index is 855. The van der Waals surface area contributed by atoms with Crippen LogP contribution in [0.25, 0.3) is 0 Å². The van der Waals surface area contributed by atoms with Gasteiger partial charge in [0.1, 0.15) is 19.3 Å². The Morgan fingerprint density at radius 2 is 1.66 bits per heavy atom. The van der Waals surface area contributed by atoms with Gasteiger partial charge >= 0.3 is 5.97 Å². The van der Waals surface area contributed by atoms with Crippen molar-refractivity contribution in [3.63, 3.8) is 0 Å². The number of hydrogen-bond donors (Lipinski definition) is 2. The maximum atomic E-state index is 11.8. The lowest BCUT2D eigenvalue weighted by Crippen LogP contribution is -2.42. The molecule has 2 amide bonds. The Balaban J connectivity index is 1.29. The lowest BCUT2D eigenvalue weighted by Gasteiger charge is -2.26. The third kappa shape index (κ3) is 6.53. The van der Waals surface area contributed by atoms with Gasteiger partial charge in [-0.05, 0) is 17.7 Å². The molecule has 0 saturated heterocycles. The number of hydrogen-bond acceptors (Lipinski definition) is 6. The molecule has 1 aliphatic rings. The van der Waals surface area contributed by atoms with E-state index in [2.05, 4.69) is 10.6 Å². The van der Waals surface area contributed by atoms with Gasteiger partial charge in [-0.15, -0.1) is 0 Å². The predicted octanol–water partition coefficient (Wildman–Crippen LogP) is 0.845. The summed E-state index contributed by atoms with van der Waals surface area (Å²) in [5.41, 5.74) is 0.842.